The summed E-state index contributed by atoms with van der Waals surface area (Å²) in [4.78, 5) is 31.7. The SMILES string of the molecule is COc1ccc2cc1OCCCN(C(=O)C1COc3ccccc3O1)CC(=O)NCCc1c([nH]c3ccccc13)C2. The van der Waals surface area contributed by atoms with Gasteiger partial charge in [-0.1, -0.05) is 36.4 Å². The molecular formula is C32H33N3O6. The van der Waals surface area contributed by atoms with Crippen molar-refractivity contribution >= 4 is 22.7 Å². The van der Waals surface area contributed by atoms with Crippen molar-refractivity contribution in [3.63, 3.8) is 0 Å². The number of carbonyl (C=O) groups excluding carboxylic acids is 2. The van der Waals surface area contributed by atoms with Crippen LogP contribution < -0.4 is 24.3 Å². The molecule has 0 aliphatic carbocycles. The number of fused-ring (bicyclic) bond motifs is 6. The van der Waals surface area contributed by atoms with Crippen LogP contribution in [-0.2, 0) is 22.4 Å². The zero-order valence-corrected chi connectivity index (χ0v) is 23.0. The molecule has 2 aliphatic rings. The van der Waals surface area contributed by atoms with E-state index in [4.69, 9.17) is 18.9 Å². The predicted octanol–water partition coefficient (Wildman–Crippen LogP) is 3.88. The van der Waals surface area contributed by atoms with Crippen LogP contribution in [0.25, 0.3) is 10.9 Å². The number of nitrogens with zero attached hydrogens (tertiary/aromatic N) is 1. The van der Waals surface area contributed by atoms with Gasteiger partial charge in [0.25, 0.3) is 5.91 Å². The van der Waals surface area contributed by atoms with E-state index in [1.165, 1.54) is 4.90 Å². The molecule has 0 radical (unpaired) electrons. The van der Waals surface area contributed by atoms with Crippen LogP contribution in [0.15, 0.2) is 66.7 Å². The molecular weight excluding hydrogens is 522 g/mol. The van der Waals surface area contributed by atoms with Gasteiger partial charge < -0.3 is 34.1 Å². The van der Waals surface area contributed by atoms with Crippen LogP contribution in [0.3, 0.4) is 0 Å². The highest BCUT2D eigenvalue weighted by Gasteiger charge is 2.32. The maximum absolute atomic E-state index is 13.5. The summed E-state index contributed by atoms with van der Waals surface area (Å²) >= 11 is 0. The average molecular weight is 556 g/mol. The largest absolute Gasteiger partial charge is 0.493 e. The molecule has 3 aromatic carbocycles. The van der Waals surface area contributed by atoms with Crippen molar-refractivity contribution in [2.24, 2.45) is 0 Å². The van der Waals surface area contributed by atoms with Gasteiger partial charge in [-0.15, -0.1) is 0 Å². The lowest BCUT2D eigenvalue weighted by atomic mass is 10.0. The lowest BCUT2D eigenvalue weighted by Crippen LogP contribution is -2.50. The van der Waals surface area contributed by atoms with Crippen LogP contribution in [-0.4, -0.2) is 67.8 Å². The van der Waals surface area contributed by atoms with E-state index in [-0.39, 0.29) is 25.0 Å². The minimum absolute atomic E-state index is 0.0811. The molecule has 2 bridgehead atoms. The first-order chi connectivity index (χ1) is 20.1. The molecule has 2 aliphatic heterocycles. The van der Waals surface area contributed by atoms with E-state index in [0.717, 1.165) is 27.7 Å². The molecule has 1 atom stereocenters. The number of benzene rings is 3. The topological polar surface area (TPSA) is 102 Å². The van der Waals surface area contributed by atoms with Gasteiger partial charge in [-0.05, 0) is 54.3 Å². The summed E-state index contributed by atoms with van der Waals surface area (Å²) in [5.74, 6) is 1.88. The van der Waals surface area contributed by atoms with E-state index in [1.807, 2.05) is 42.5 Å². The number of nitrogens with one attached hydrogen (secondary N) is 2. The van der Waals surface area contributed by atoms with Crippen molar-refractivity contribution in [1.82, 2.24) is 15.2 Å². The normalized spacial score (nSPS) is 17.7. The van der Waals surface area contributed by atoms with Crippen molar-refractivity contribution in [2.75, 3.05) is 40.0 Å². The van der Waals surface area contributed by atoms with Gasteiger partial charge in [-0.25, -0.2) is 0 Å². The van der Waals surface area contributed by atoms with Crippen molar-refractivity contribution in [3.05, 3.63) is 83.6 Å². The number of hydrogen-bond acceptors (Lipinski definition) is 6. The molecule has 6 rings (SSSR count). The van der Waals surface area contributed by atoms with Crippen LogP contribution in [0.5, 0.6) is 23.0 Å². The number of carbonyl (C=O) groups is 2. The van der Waals surface area contributed by atoms with Gasteiger partial charge in [0.05, 0.1) is 20.3 Å². The fourth-order valence-electron chi connectivity index (χ4n) is 5.45. The Hall–Kier alpha value is -4.66. The first kappa shape index (κ1) is 26.6. The zero-order chi connectivity index (χ0) is 28.2. The van der Waals surface area contributed by atoms with Gasteiger partial charge in [0.1, 0.15) is 6.61 Å². The Kier molecular flexibility index (Phi) is 7.67. The summed E-state index contributed by atoms with van der Waals surface area (Å²) in [6.07, 6.45) is 1.01. The smallest absolute Gasteiger partial charge is 0.267 e. The van der Waals surface area contributed by atoms with E-state index < -0.39 is 6.10 Å². The third-order valence-electron chi connectivity index (χ3n) is 7.47. The molecule has 0 saturated carbocycles. The summed E-state index contributed by atoms with van der Waals surface area (Å²) < 4.78 is 23.4. The molecule has 9 heteroatoms. The van der Waals surface area contributed by atoms with Crippen LogP contribution >= 0.6 is 0 Å². The Morgan fingerprint density at radius 1 is 1.00 bits per heavy atom. The number of hydrogen-bond donors (Lipinski definition) is 2. The summed E-state index contributed by atoms with van der Waals surface area (Å²) in [5, 5.41) is 4.15. The molecule has 1 unspecified atom stereocenters. The Morgan fingerprint density at radius 2 is 1.83 bits per heavy atom. The number of methoxy groups -OCH3 is 1. The number of ether oxygens (including phenoxy) is 4. The number of amides is 2. The van der Waals surface area contributed by atoms with Crippen LogP contribution in [0.4, 0.5) is 0 Å². The quantitative estimate of drug-likeness (QED) is 0.389. The molecule has 1 aromatic heterocycles. The Balaban J connectivity index is 1.25. The van der Waals surface area contributed by atoms with Crippen LogP contribution in [0.1, 0.15) is 23.2 Å². The number of para-hydroxylation sites is 3. The van der Waals surface area contributed by atoms with Gasteiger partial charge >= 0.3 is 0 Å². The number of aromatic amines is 1. The number of H-pyrrole nitrogens is 1. The zero-order valence-electron chi connectivity index (χ0n) is 23.0. The predicted molar refractivity (Wildman–Crippen MR) is 154 cm³/mol. The monoisotopic (exact) mass is 555 g/mol. The maximum Gasteiger partial charge on any atom is 0.267 e. The molecule has 0 spiro atoms. The molecule has 212 valence electrons. The second kappa shape index (κ2) is 11.8. The van der Waals surface area contributed by atoms with Gasteiger partial charge in [0.15, 0.2) is 23.0 Å². The molecule has 2 N–H and O–H groups in total. The maximum atomic E-state index is 13.5. The lowest BCUT2D eigenvalue weighted by molar-refractivity contribution is -0.144. The Bertz CT molecular complexity index is 1560. The molecule has 41 heavy (non-hydrogen) atoms. The third-order valence-corrected chi connectivity index (χ3v) is 7.47. The molecule has 0 saturated heterocycles. The molecule has 4 aromatic rings. The van der Waals surface area contributed by atoms with Crippen molar-refractivity contribution in [2.45, 2.75) is 25.4 Å². The number of aromatic nitrogens is 1. The van der Waals surface area contributed by atoms with E-state index in [1.54, 1.807) is 19.2 Å². The minimum atomic E-state index is -0.838. The van der Waals surface area contributed by atoms with Crippen LogP contribution in [0, 0.1) is 0 Å². The second-order valence-electron chi connectivity index (χ2n) is 10.2. The molecule has 3 heterocycles. The first-order valence-corrected chi connectivity index (χ1v) is 13.9. The van der Waals surface area contributed by atoms with Crippen molar-refractivity contribution < 1.29 is 28.5 Å². The number of rotatable bonds is 2. The standard InChI is InChI=1S/C32H33N3O6/c1-38-26-12-11-21-17-25-23(22-7-2-3-8-24(22)34-25)13-14-33-31(36)19-35(15-6-16-39-29(26)18-21)32(37)30-20-40-27-9-4-5-10-28(27)41-30/h2-5,7-12,18,30,34H,6,13-17,19-20H2,1H3,(H,33,36). The van der Waals surface area contributed by atoms with E-state index in [0.29, 0.717) is 62.0 Å². The van der Waals surface area contributed by atoms with Gasteiger partial charge in [-0.2, -0.15) is 0 Å². The molecule has 9 nitrogen and oxygen atoms in total. The lowest BCUT2D eigenvalue weighted by Gasteiger charge is -2.30. The average Bonchev–Trinajstić information content (AvgIpc) is 3.34. The summed E-state index contributed by atoms with van der Waals surface area (Å²) in [5.41, 5.74) is 4.39. The van der Waals surface area contributed by atoms with E-state index in [2.05, 4.69) is 22.4 Å². The van der Waals surface area contributed by atoms with E-state index in [9.17, 15) is 9.59 Å². The third kappa shape index (κ3) is 5.79. The van der Waals surface area contributed by atoms with E-state index >= 15 is 0 Å². The Labute approximate surface area is 238 Å². The van der Waals surface area contributed by atoms with Crippen molar-refractivity contribution in [1.29, 1.82) is 0 Å². The van der Waals surface area contributed by atoms with Gasteiger partial charge in [0.2, 0.25) is 12.0 Å². The summed E-state index contributed by atoms with van der Waals surface area (Å²) in [6.45, 7) is 1.11. The first-order valence-electron chi connectivity index (χ1n) is 13.9. The van der Waals surface area contributed by atoms with Crippen LogP contribution in [0.2, 0.25) is 0 Å². The second-order valence-corrected chi connectivity index (χ2v) is 10.2. The summed E-state index contributed by atoms with van der Waals surface area (Å²) in [6, 6.07) is 21.4. The highest BCUT2D eigenvalue weighted by molar-refractivity contribution is 5.88. The Morgan fingerprint density at radius 3 is 2.71 bits per heavy atom. The molecule has 2 amide bonds. The highest BCUT2D eigenvalue weighted by atomic mass is 16.6. The fraction of sp³-hybridized carbons (Fsp3) is 0.312. The highest BCUT2D eigenvalue weighted by Crippen LogP contribution is 2.32. The van der Waals surface area contributed by atoms with Crippen molar-refractivity contribution in [3.8, 4) is 23.0 Å². The minimum Gasteiger partial charge on any atom is -0.493 e. The fourth-order valence-corrected chi connectivity index (χ4v) is 5.45. The summed E-state index contributed by atoms with van der Waals surface area (Å²) in [7, 11) is 1.62. The molecule has 0 fully saturated rings. The van der Waals surface area contributed by atoms with Gasteiger partial charge in [0, 0.05) is 36.1 Å². The van der Waals surface area contributed by atoms with Gasteiger partial charge in [-0.3, -0.25) is 9.59 Å².